The smallest absolute Gasteiger partial charge is 0.155 e. The number of ketones is 2. The molecule has 2 nitrogen and oxygen atoms in total. The van der Waals surface area contributed by atoms with Crippen LogP contribution in [0.25, 0.3) is 0 Å². The van der Waals surface area contributed by atoms with Crippen LogP contribution in [0.3, 0.4) is 0 Å². The third-order valence-electron chi connectivity index (χ3n) is 3.62. The summed E-state index contributed by atoms with van der Waals surface area (Å²) in [6, 6.07) is 0. The van der Waals surface area contributed by atoms with Crippen molar-refractivity contribution in [1.29, 1.82) is 0 Å². The van der Waals surface area contributed by atoms with Crippen LogP contribution < -0.4 is 0 Å². The lowest BCUT2D eigenvalue weighted by Gasteiger charge is -2.39. The first-order valence-corrected chi connectivity index (χ1v) is 5.57. The minimum Gasteiger partial charge on any atom is -0.299 e. The fourth-order valence-electron chi connectivity index (χ4n) is 2.80. The van der Waals surface area contributed by atoms with Crippen molar-refractivity contribution in [3.05, 3.63) is 24.3 Å². The maximum Gasteiger partial charge on any atom is 0.155 e. The molecular weight excluding hydrogens is 188 g/mol. The van der Waals surface area contributed by atoms with Crippen molar-refractivity contribution in [2.75, 3.05) is 0 Å². The minimum absolute atomic E-state index is 0.180. The molecule has 0 saturated heterocycles. The molecule has 15 heavy (non-hydrogen) atoms. The van der Waals surface area contributed by atoms with Gasteiger partial charge >= 0.3 is 0 Å². The molecule has 1 fully saturated rings. The van der Waals surface area contributed by atoms with Gasteiger partial charge in [-0.3, -0.25) is 9.59 Å². The van der Waals surface area contributed by atoms with Crippen molar-refractivity contribution in [3.63, 3.8) is 0 Å². The molecule has 1 saturated carbocycles. The largest absolute Gasteiger partial charge is 0.299 e. The average Bonchev–Trinajstić information content (AvgIpc) is 2.21. The highest BCUT2D eigenvalue weighted by Crippen LogP contribution is 2.47. The Labute approximate surface area is 90.1 Å². The van der Waals surface area contributed by atoms with E-state index >= 15 is 0 Å². The van der Waals surface area contributed by atoms with E-state index in [0.717, 1.165) is 18.4 Å². The first-order valence-electron chi connectivity index (χ1n) is 5.57. The third kappa shape index (κ3) is 1.58. The van der Waals surface area contributed by atoms with Gasteiger partial charge in [0.2, 0.25) is 0 Å². The van der Waals surface area contributed by atoms with Gasteiger partial charge in [0, 0.05) is 12.8 Å². The lowest BCUT2D eigenvalue weighted by molar-refractivity contribution is -0.129. The molecule has 0 N–H and O–H groups in total. The molecule has 0 radical (unpaired) electrons. The van der Waals surface area contributed by atoms with E-state index in [0.29, 0.717) is 31.5 Å². The van der Waals surface area contributed by atoms with Gasteiger partial charge in [-0.2, -0.15) is 0 Å². The lowest BCUT2D eigenvalue weighted by Crippen LogP contribution is -2.39. The number of fused-ring (bicyclic) bond motifs is 1. The molecule has 2 aliphatic rings. The van der Waals surface area contributed by atoms with Crippen LogP contribution in [-0.4, -0.2) is 11.6 Å². The number of carbonyl (C=O) groups is 2. The Morgan fingerprint density at radius 1 is 1.33 bits per heavy atom. The molecule has 2 aliphatic carbocycles. The Balaban J connectivity index is 2.41. The van der Waals surface area contributed by atoms with Crippen LogP contribution in [0.5, 0.6) is 0 Å². The van der Waals surface area contributed by atoms with Crippen molar-refractivity contribution in [2.24, 2.45) is 5.41 Å². The van der Waals surface area contributed by atoms with Crippen LogP contribution in [0.15, 0.2) is 24.3 Å². The number of carbonyl (C=O) groups excluding carboxylic acids is 2. The summed E-state index contributed by atoms with van der Waals surface area (Å²) in [7, 11) is 0. The molecule has 2 rings (SSSR count). The van der Waals surface area contributed by atoms with Crippen LogP contribution in [0.2, 0.25) is 0 Å². The van der Waals surface area contributed by atoms with Crippen LogP contribution in [0.1, 0.15) is 38.5 Å². The van der Waals surface area contributed by atoms with Crippen molar-refractivity contribution in [3.8, 4) is 0 Å². The highest BCUT2D eigenvalue weighted by molar-refractivity contribution is 5.98. The van der Waals surface area contributed by atoms with E-state index in [9.17, 15) is 9.59 Å². The molecule has 0 aromatic heterocycles. The molecule has 2 heteroatoms. The molecule has 0 aromatic carbocycles. The fourth-order valence-corrected chi connectivity index (χ4v) is 2.80. The molecule has 0 bridgehead atoms. The standard InChI is InChI=1S/C13H16O2/c1-2-7-13-8-6-11(14)9-10(13)4-3-5-12(13)15/h2,9H,1,3-8H2/t13-/m1/s1. The van der Waals surface area contributed by atoms with E-state index in [1.807, 2.05) is 6.08 Å². The number of hydrogen-bond acceptors (Lipinski definition) is 2. The molecule has 0 spiro atoms. The number of allylic oxidation sites excluding steroid dienone is 3. The predicted octanol–water partition coefficient (Wildman–Crippen LogP) is 2.59. The molecule has 0 amide bonds. The molecule has 0 heterocycles. The van der Waals surface area contributed by atoms with Crippen LogP contribution >= 0.6 is 0 Å². The zero-order chi connectivity index (χ0) is 10.9. The first-order chi connectivity index (χ1) is 7.19. The Morgan fingerprint density at radius 2 is 2.13 bits per heavy atom. The Kier molecular flexibility index (Phi) is 2.59. The molecule has 80 valence electrons. The summed E-state index contributed by atoms with van der Waals surface area (Å²) in [5, 5.41) is 0. The van der Waals surface area contributed by atoms with Gasteiger partial charge in [-0.15, -0.1) is 6.58 Å². The van der Waals surface area contributed by atoms with Crippen molar-refractivity contribution < 1.29 is 9.59 Å². The summed E-state index contributed by atoms with van der Waals surface area (Å²) < 4.78 is 0. The van der Waals surface area contributed by atoms with Gasteiger partial charge in [-0.25, -0.2) is 0 Å². The van der Waals surface area contributed by atoms with Gasteiger partial charge in [0.15, 0.2) is 5.78 Å². The number of rotatable bonds is 2. The maximum atomic E-state index is 12.0. The van der Waals surface area contributed by atoms with E-state index in [-0.39, 0.29) is 11.2 Å². The van der Waals surface area contributed by atoms with Crippen LogP contribution in [-0.2, 0) is 9.59 Å². The highest BCUT2D eigenvalue weighted by Gasteiger charge is 2.44. The topological polar surface area (TPSA) is 34.1 Å². The van der Waals surface area contributed by atoms with Gasteiger partial charge in [-0.05, 0) is 31.8 Å². The number of hydrogen-bond donors (Lipinski definition) is 0. The molecule has 1 atom stereocenters. The second-order valence-electron chi connectivity index (χ2n) is 4.49. The van der Waals surface area contributed by atoms with E-state index in [2.05, 4.69) is 6.58 Å². The summed E-state index contributed by atoms with van der Waals surface area (Å²) >= 11 is 0. The average molecular weight is 204 g/mol. The Morgan fingerprint density at radius 3 is 2.87 bits per heavy atom. The molecule has 0 unspecified atom stereocenters. The summed E-state index contributed by atoms with van der Waals surface area (Å²) in [4.78, 5) is 23.4. The van der Waals surface area contributed by atoms with E-state index in [1.165, 1.54) is 0 Å². The maximum absolute atomic E-state index is 12.0. The molecule has 0 aromatic rings. The Bertz CT molecular complexity index is 352. The first kappa shape index (κ1) is 10.3. The molecular formula is C13H16O2. The van der Waals surface area contributed by atoms with Crippen molar-refractivity contribution in [2.45, 2.75) is 38.5 Å². The highest BCUT2D eigenvalue weighted by atomic mass is 16.1. The monoisotopic (exact) mass is 204 g/mol. The van der Waals surface area contributed by atoms with Gasteiger partial charge in [0.25, 0.3) is 0 Å². The van der Waals surface area contributed by atoms with Gasteiger partial charge in [0.05, 0.1) is 5.41 Å². The second kappa shape index (κ2) is 3.76. The summed E-state index contributed by atoms with van der Waals surface area (Å²) in [5.41, 5.74) is 0.711. The normalized spacial score (nSPS) is 30.8. The summed E-state index contributed by atoms with van der Waals surface area (Å²) in [6.07, 6.45) is 7.91. The number of Topliss-reactive ketones (excluding diaryl/α,β-unsaturated/α-hetero) is 1. The predicted molar refractivity (Wildman–Crippen MR) is 58.4 cm³/mol. The van der Waals surface area contributed by atoms with E-state index < -0.39 is 0 Å². The zero-order valence-electron chi connectivity index (χ0n) is 8.92. The zero-order valence-corrected chi connectivity index (χ0v) is 8.92. The van der Waals surface area contributed by atoms with Crippen LogP contribution in [0, 0.1) is 5.41 Å². The third-order valence-corrected chi connectivity index (χ3v) is 3.62. The fraction of sp³-hybridized carbons (Fsp3) is 0.538. The lowest BCUT2D eigenvalue weighted by atomic mass is 9.62. The van der Waals surface area contributed by atoms with Crippen molar-refractivity contribution >= 4 is 11.6 Å². The van der Waals surface area contributed by atoms with Crippen LogP contribution in [0.4, 0.5) is 0 Å². The SMILES string of the molecule is C=CC[C@@]12CCC(=O)C=C1CCCC2=O. The quantitative estimate of drug-likeness (QED) is 0.648. The van der Waals surface area contributed by atoms with Gasteiger partial charge in [-0.1, -0.05) is 11.6 Å². The van der Waals surface area contributed by atoms with Gasteiger partial charge in [0.1, 0.15) is 5.78 Å². The van der Waals surface area contributed by atoms with Crippen molar-refractivity contribution in [1.82, 2.24) is 0 Å². The Hall–Kier alpha value is -1.18. The minimum atomic E-state index is -0.353. The van der Waals surface area contributed by atoms with E-state index in [4.69, 9.17) is 0 Å². The van der Waals surface area contributed by atoms with Gasteiger partial charge < -0.3 is 0 Å². The summed E-state index contributed by atoms with van der Waals surface area (Å²) in [6.45, 7) is 3.73. The second-order valence-corrected chi connectivity index (χ2v) is 4.49. The molecule has 0 aliphatic heterocycles. The van der Waals surface area contributed by atoms with E-state index in [1.54, 1.807) is 6.08 Å². The summed E-state index contributed by atoms with van der Waals surface area (Å²) in [5.74, 6) is 0.492.